The lowest BCUT2D eigenvalue weighted by Gasteiger charge is -2.33. The number of benzene rings is 2. The van der Waals surface area contributed by atoms with E-state index in [1.54, 1.807) is 43.3 Å². The van der Waals surface area contributed by atoms with Gasteiger partial charge in [0.05, 0.1) is 18.8 Å². The molecule has 4 rings (SSSR count). The third kappa shape index (κ3) is 4.20. The van der Waals surface area contributed by atoms with E-state index in [9.17, 15) is 23.1 Å². The van der Waals surface area contributed by atoms with E-state index in [0.29, 0.717) is 11.3 Å². The molecule has 0 aliphatic carbocycles. The van der Waals surface area contributed by atoms with Crippen molar-refractivity contribution in [1.82, 2.24) is 9.78 Å². The summed E-state index contributed by atoms with van der Waals surface area (Å²) in [6, 6.07) is 10.1. The van der Waals surface area contributed by atoms with Crippen LogP contribution in [0, 0.1) is 6.92 Å². The molecule has 1 aromatic heterocycles. The number of methoxy groups -OCH3 is 1. The first-order chi connectivity index (χ1) is 15.2. The summed E-state index contributed by atoms with van der Waals surface area (Å²) in [4.78, 5) is 12.7. The quantitative estimate of drug-likeness (QED) is 0.500. The van der Waals surface area contributed by atoms with Crippen LogP contribution < -0.4 is 15.4 Å². The molecule has 1 aliphatic heterocycles. The molecule has 2 atom stereocenters. The highest BCUT2D eigenvalue weighted by atomic mass is 19.4. The second-order valence-corrected chi connectivity index (χ2v) is 7.60. The van der Waals surface area contributed by atoms with E-state index in [0.717, 1.165) is 10.2 Å². The number of hydrogen-bond acceptors (Lipinski definition) is 5. The van der Waals surface area contributed by atoms with E-state index in [4.69, 9.17) is 4.74 Å². The van der Waals surface area contributed by atoms with Crippen molar-refractivity contribution in [3.8, 4) is 11.5 Å². The maximum atomic E-state index is 13.8. The summed E-state index contributed by atoms with van der Waals surface area (Å²) in [5.74, 6) is -0.200. The number of anilines is 2. The minimum absolute atomic E-state index is 0.0815. The lowest BCUT2D eigenvalue weighted by Crippen LogP contribution is -2.35. The number of aromatic hydroxyl groups is 1. The molecule has 1 amide bonds. The Morgan fingerprint density at radius 1 is 1.22 bits per heavy atom. The molecule has 168 valence electrons. The highest BCUT2D eigenvalue weighted by molar-refractivity contribution is 6.04. The van der Waals surface area contributed by atoms with Crippen molar-refractivity contribution in [2.24, 2.45) is 0 Å². The first kappa shape index (κ1) is 21.5. The van der Waals surface area contributed by atoms with Crippen LogP contribution in [0.4, 0.5) is 24.7 Å². The first-order valence-electron chi connectivity index (χ1n) is 9.83. The van der Waals surface area contributed by atoms with Gasteiger partial charge in [0, 0.05) is 12.5 Å². The van der Waals surface area contributed by atoms with Gasteiger partial charge in [0.1, 0.15) is 17.3 Å². The summed E-state index contributed by atoms with van der Waals surface area (Å²) in [5.41, 5.74) is 1.40. The third-order valence-electron chi connectivity index (χ3n) is 5.34. The predicted octanol–water partition coefficient (Wildman–Crippen LogP) is 4.82. The second kappa shape index (κ2) is 8.10. The molecule has 3 N–H and O–H groups in total. The molecular formula is C22H21F3N4O3. The Hall–Kier alpha value is -3.69. The van der Waals surface area contributed by atoms with Crippen LogP contribution in [-0.2, 0) is 0 Å². The number of nitrogens with one attached hydrogen (secondary N) is 2. The van der Waals surface area contributed by atoms with E-state index in [1.165, 1.54) is 19.2 Å². The summed E-state index contributed by atoms with van der Waals surface area (Å²) in [7, 11) is 1.51. The van der Waals surface area contributed by atoms with Gasteiger partial charge in [-0.1, -0.05) is 18.2 Å². The number of carbonyl (C=O) groups excluding carboxylic acids is 1. The van der Waals surface area contributed by atoms with Crippen molar-refractivity contribution in [2.45, 2.75) is 31.6 Å². The minimum Gasteiger partial charge on any atom is -0.506 e. The van der Waals surface area contributed by atoms with Crippen molar-refractivity contribution in [3.63, 3.8) is 0 Å². The number of fused-ring (bicyclic) bond motifs is 1. The number of alkyl halides is 3. The van der Waals surface area contributed by atoms with Crippen molar-refractivity contribution in [3.05, 3.63) is 65.4 Å². The zero-order valence-electron chi connectivity index (χ0n) is 17.3. The molecule has 10 heteroatoms. The third-order valence-corrected chi connectivity index (χ3v) is 5.34. The molecule has 0 unspecified atom stereocenters. The van der Waals surface area contributed by atoms with Gasteiger partial charge in [0.15, 0.2) is 11.7 Å². The predicted molar refractivity (Wildman–Crippen MR) is 112 cm³/mol. The van der Waals surface area contributed by atoms with Gasteiger partial charge in [-0.25, -0.2) is 4.68 Å². The molecule has 0 saturated carbocycles. The van der Waals surface area contributed by atoms with E-state index >= 15 is 0 Å². The monoisotopic (exact) mass is 446 g/mol. The Bertz CT molecular complexity index is 1140. The van der Waals surface area contributed by atoms with Crippen LogP contribution in [0.15, 0.2) is 48.5 Å². The molecule has 0 spiro atoms. The molecule has 0 saturated heterocycles. The largest absolute Gasteiger partial charge is 0.506 e. The number of rotatable bonds is 4. The average Bonchev–Trinajstić information content (AvgIpc) is 3.19. The average molecular weight is 446 g/mol. The van der Waals surface area contributed by atoms with Crippen molar-refractivity contribution in [1.29, 1.82) is 0 Å². The number of phenols is 1. The Labute approximate surface area is 181 Å². The molecule has 0 fully saturated rings. The Balaban J connectivity index is 1.64. The van der Waals surface area contributed by atoms with Crippen LogP contribution in [0.2, 0.25) is 0 Å². The van der Waals surface area contributed by atoms with Crippen LogP contribution in [0.25, 0.3) is 0 Å². The summed E-state index contributed by atoms with van der Waals surface area (Å²) >= 11 is 0. The lowest BCUT2D eigenvalue weighted by atomic mass is 9.97. The summed E-state index contributed by atoms with van der Waals surface area (Å²) in [6.45, 7) is 1.78. The van der Waals surface area contributed by atoms with Crippen LogP contribution >= 0.6 is 0 Å². The van der Waals surface area contributed by atoms with E-state index in [2.05, 4.69) is 15.7 Å². The number of phenolic OH excluding ortho intramolecular Hbond substituents is 1. The van der Waals surface area contributed by atoms with Crippen molar-refractivity contribution in [2.75, 3.05) is 17.7 Å². The van der Waals surface area contributed by atoms with Gasteiger partial charge < -0.3 is 20.5 Å². The summed E-state index contributed by atoms with van der Waals surface area (Å²) in [5, 5.41) is 19.4. The second-order valence-electron chi connectivity index (χ2n) is 7.60. The van der Waals surface area contributed by atoms with Gasteiger partial charge in [0.2, 0.25) is 0 Å². The van der Waals surface area contributed by atoms with Gasteiger partial charge in [-0.3, -0.25) is 4.79 Å². The maximum absolute atomic E-state index is 13.8. The van der Waals surface area contributed by atoms with E-state index < -0.39 is 24.2 Å². The molecule has 2 aromatic carbocycles. The number of aryl methyl sites for hydroxylation is 1. The lowest BCUT2D eigenvalue weighted by molar-refractivity contribution is -0.173. The SMILES string of the molecule is COc1ccc([C@H]2C[C@H](C(F)(F)F)n3nc(C(=O)Nc4cc(C)ccc4O)cc3N2)cc1. The summed E-state index contributed by atoms with van der Waals surface area (Å²) < 4.78 is 47.4. The Morgan fingerprint density at radius 2 is 1.94 bits per heavy atom. The molecule has 32 heavy (non-hydrogen) atoms. The number of amides is 1. The minimum atomic E-state index is -4.56. The normalized spacial score (nSPS) is 17.9. The number of nitrogens with zero attached hydrogens (tertiary/aromatic N) is 2. The van der Waals surface area contributed by atoms with Crippen LogP contribution in [0.5, 0.6) is 11.5 Å². The summed E-state index contributed by atoms with van der Waals surface area (Å²) in [6.07, 6.45) is -4.85. The molecular weight excluding hydrogens is 425 g/mol. The standard InChI is InChI=1S/C22H21F3N4O3/c1-12-3-8-18(30)16(9-12)27-21(31)17-11-20-26-15(13-4-6-14(32-2)7-5-13)10-19(22(23,24)25)29(20)28-17/h3-9,11,15,19,26,30H,10H2,1-2H3,(H,27,31)/t15-,19-/m1/s1. The van der Waals surface area contributed by atoms with Crippen LogP contribution in [0.3, 0.4) is 0 Å². The van der Waals surface area contributed by atoms with E-state index in [1.807, 2.05) is 0 Å². The van der Waals surface area contributed by atoms with Gasteiger partial charge in [-0.05, 0) is 42.3 Å². The Kier molecular flexibility index (Phi) is 5.45. The fraction of sp³-hybridized carbons (Fsp3) is 0.273. The van der Waals surface area contributed by atoms with Gasteiger partial charge in [-0.2, -0.15) is 18.3 Å². The zero-order chi connectivity index (χ0) is 23.0. The Morgan fingerprint density at radius 3 is 2.59 bits per heavy atom. The van der Waals surface area contributed by atoms with Gasteiger partial charge in [0.25, 0.3) is 5.91 Å². The van der Waals surface area contributed by atoms with Gasteiger partial charge in [-0.15, -0.1) is 0 Å². The zero-order valence-corrected chi connectivity index (χ0v) is 17.3. The number of halogens is 3. The van der Waals surface area contributed by atoms with Crippen molar-refractivity contribution >= 4 is 17.4 Å². The fourth-order valence-electron chi connectivity index (χ4n) is 3.68. The first-order valence-corrected chi connectivity index (χ1v) is 9.83. The molecule has 1 aliphatic rings. The molecule has 0 bridgehead atoms. The van der Waals surface area contributed by atoms with Crippen LogP contribution in [0.1, 0.15) is 40.1 Å². The van der Waals surface area contributed by atoms with Crippen molar-refractivity contribution < 1.29 is 27.8 Å². The van der Waals surface area contributed by atoms with Gasteiger partial charge >= 0.3 is 6.18 Å². The maximum Gasteiger partial charge on any atom is 0.410 e. The molecule has 2 heterocycles. The van der Waals surface area contributed by atoms with Crippen LogP contribution in [-0.4, -0.2) is 34.1 Å². The highest BCUT2D eigenvalue weighted by Gasteiger charge is 2.46. The topological polar surface area (TPSA) is 88.4 Å². The number of carbonyl (C=O) groups is 1. The molecule has 0 radical (unpaired) electrons. The smallest absolute Gasteiger partial charge is 0.410 e. The number of ether oxygens (including phenoxy) is 1. The molecule has 3 aromatic rings. The number of aromatic nitrogens is 2. The molecule has 7 nitrogen and oxygen atoms in total. The number of hydrogen-bond donors (Lipinski definition) is 3. The fourth-order valence-corrected chi connectivity index (χ4v) is 3.68. The van der Waals surface area contributed by atoms with E-state index in [-0.39, 0.29) is 29.4 Å². The highest BCUT2D eigenvalue weighted by Crippen LogP contribution is 2.43.